The normalized spacial score (nSPS) is 28.8. The fraction of sp³-hybridized carbons (Fsp3) is 0.857. The number of rotatable bonds is 3. The van der Waals surface area contributed by atoms with Crippen molar-refractivity contribution in [3.8, 4) is 0 Å². The van der Waals surface area contributed by atoms with E-state index < -0.39 is 5.54 Å². The molecule has 3 aliphatic rings. The third kappa shape index (κ3) is 2.23. The maximum atomic E-state index is 13.2. The van der Waals surface area contributed by atoms with Crippen molar-refractivity contribution in [1.82, 2.24) is 25.1 Å². The second-order valence-electron chi connectivity index (χ2n) is 6.54. The molecule has 1 unspecified atom stereocenters. The number of ether oxygens (including phenoxy) is 1. The summed E-state index contributed by atoms with van der Waals surface area (Å²) in [5.41, 5.74) is -0.639. The van der Waals surface area contributed by atoms with Crippen LogP contribution in [-0.4, -0.2) is 57.3 Å². The molecule has 1 aromatic rings. The van der Waals surface area contributed by atoms with Crippen LogP contribution in [0.3, 0.4) is 0 Å². The lowest BCUT2D eigenvalue weighted by molar-refractivity contribution is -0.146. The molecule has 0 aromatic carbocycles. The number of hydrogen-bond acceptors (Lipinski definition) is 5. The van der Waals surface area contributed by atoms with Gasteiger partial charge < -0.3 is 9.64 Å². The Morgan fingerprint density at radius 3 is 2.67 bits per heavy atom. The van der Waals surface area contributed by atoms with Crippen molar-refractivity contribution in [3.05, 3.63) is 6.33 Å². The molecule has 1 amide bonds. The van der Waals surface area contributed by atoms with Crippen molar-refractivity contribution >= 4 is 5.91 Å². The Balaban J connectivity index is 1.57. The smallest absolute Gasteiger partial charge is 0.250 e. The van der Waals surface area contributed by atoms with Crippen LogP contribution in [0.2, 0.25) is 0 Å². The first-order valence-electron chi connectivity index (χ1n) is 7.90. The first-order valence-corrected chi connectivity index (χ1v) is 7.90. The lowest BCUT2D eigenvalue weighted by atomic mass is 9.88. The van der Waals surface area contributed by atoms with Gasteiger partial charge in [0.2, 0.25) is 0 Å². The number of carbonyl (C=O) groups is 1. The van der Waals surface area contributed by atoms with Gasteiger partial charge in [-0.2, -0.15) is 0 Å². The fourth-order valence-corrected chi connectivity index (χ4v) is 3.83. The lowest BCUT2D eigenvalue weighted by Crippen LogP contribution is -2.53. The van der Waals surface area contributed by atoms with Crippen LogP contribution in [0.1, 0.15) is 32.1 Å². The molecule has 0 spiro atoms. The summed E-state index contributed by atoms with van der Waals surface area (Å²) < 4.78 is 7.11. The molecule has 114 valence electrons. The molecule has 0 bridgehead atoms. The Labute approximate surface area is 123 Å². The summed E-state index contributed by atoms with van der Waals surface area (Å²) in [5, 5.41) is 11.5. The highest BCUT2D eigenvalue weighted by Gasteiger charge is 2.48. The van der Waals surface area contributed by atoms with Gasteiger partial charge in [-0.25, -0.2) is 4.68 Å². The lowest BCUT2D eigenvalue weighted by Gasteiger charge is -2.37. The predicted octanol–water partition coefficient (Wildman–Crippen LogP) is 0.437. The zero-order valence-electron chi connectivity index (χ0n) is 12.1. The van der Waals surface area contributed by atoms with Gasteiger partial charge in [-0.15, -0.1) is 5.10 Å². The molecule has 4 rings (SSSR count). The van der Waals surface area contributed by atoms with E-state index in [1.54, 1.807) is 11.0 Å². The zero-order chi connectivity index (χ0) is 14.3. The van der Waals surface area contributed by atoms with E-state index in [0.717, 1.165) is 25.4 Å². The number of aromatic nitrogens is 4. The van der Waals surface area contributed by atoms with Crippen LogP contribution < -0.4 is 0 Å². The molecule has 3 heterocycles. The average molecular weight is 291 g/mol. The van der Waals surface area contributed by atoms with Crippen molar-refractivity contribution in [2.45, 2.75) is 37.6 Å². The zero-order valence-corrected chi connectivity index (χ0v) is 12.1. The molecule has 7 heteroatoms. The van der Waals surface area contributed by atoms with Gasteiger partial charge in [-0.3, -0.25) is 4.79 Å². The number of likely N-dealkylation sites (tertiary alicyclic amines) is 1. The summed E-state index contributed by atoms with van der Waals surface area (Å²) in [4.78, 5) is 15.2. The highest BCUT2D eigenvalue weighted by Crippen LogP contribution is 2.42. The minimum absolute atomic E-state index is 0.182. The van der Waals surface area contributed by atoms with Gasteiger partial charge in [-0.05, 0) is 41.5 Å². The van der Waals surface area contributed by atoms with Crippen molar-refractivity contribution in [2.75, 3.05) is 26.3 Å². The number of nitrogens with zero attached hydrogens (tertiary/aromatic N) is 5. The van der Waals surface area contributed by atoms with Crippen LogP contribution in [0, 0.1) is 11.8 Å². The quantitative estimate of drug-likeness (QED) is 0.808. The molecule has 0 radical (unpaired) electrons. The Morgan fingerprint density at radius 2 is 2.00 bits per heavy atom. The van der Waals surface area contributed by atoms with Gasteiger partial charge in [0.25, 0.3) is 5.91 Å². The third-order valence-corrected chi connectivity index (χ3v) is 5.31. The summed E-state index contributed by atoms with van der Waals surface area (Å²) in [6.45, 7) is 2.97. The number of carbonyl (C=O) groups excluding carboxylic acids is 1. The molecular weight excluding hydrogens is 270 g/mol. The van der Waals surface area contributed by atoms with E-state index >= 15 is 0 Å². The SMILES string of the molecule is O=C(N1CCC(C2CC2)C1)C1(n2cnnn2)CCOCC1. The van der Waals surface area contributed by atoms with Crippen LogP contribution in [0.5, 0.6) is 0 Å². The van der Waals surface area contributed by atoms with E-state index in [2.05, 4.69) is 15.5 Å². The molecular formula is C14H21N5O2. The summed E-state index contributed by atoms with van der Waals surface area (Å²) in [6, 6.07) is 0. The Hall–Kier alpha value is -1.50. The molecule has 2 aliphatic heterocycles. The van der Waals surface area contributed by atoms with E-state index in [1.807, 2.05) is 4.90 Å². The van der Waals surface area contributed by atoms with Gasteiger partial charge in [0.1, 0.15) is 11.9 Å². The molecule has 1 aromatic heterocycles. The first kappa shape index (κ1) is 13.2. The summed E-state index contributed by atoms with van der Waals surface area (Å²) in [7, 11) is 0. The molecule has 2 saturated heterocycles. The second kappa shape index (κ2) is 5.05. The van der Waals surface area contributed by atoms with Crippen LogP contribution >= 0.6 is 0 Å². The summed E-state index contributed by atoms with van der Waals surface area (Å²) in [6.07, 6.45) is 6.72. The topological polar surface area (TPSA) is 73.1 Å². The number of tetrazole rings is 1. The molecule has 3 fully saturated rings. The van der Waals surface area contributed by atoms with Gasteiger partial charge in [-0.1, -0.05) is 0 Å². The highest BCUT2D eigenvalue weighted by atomic mass is 16.5. The van der Waals surface area contributed by atoms with Crippen molar-refractivity contribution in [2.24, 2.45) is 11.8 Å². The first-order chi connectivity index (χ1) is 10.3. The largest absolute Gasteiger partial charge is 0.381 e. The molecule has 1 saturated carbocycles. The monoisotopic (exact) mass is 291 g/mol. The van der Waals surface area contributed by atoms with E-state index in [-0.39, 0.29) is 5.91 Å². The van der Waals surface area contributed by atoms with Crippen LogP contribution in [0.25, 0.3) is 0 Å². The summed E-state index contributed by atoms with van der Waals surface area (Å²) >= 11 is 0. The van der Waals surface area contributed by atoms with Crippen LogP contribution in [-0.2, 0) is 15.1 Å². The van der Waals surface area contributed by atoms with Gasteiger partial charge in [0.15, 0.2) is 0 Å². The minimum Gasteiger partial charge on any atom is -0.381 e. The maximum absolute atomic E-state index is 13.2. The average Bonchev–Trinajstić information content (AvgIpc) is 3.05. The predicted molar refractivity (Wildman–Crippen MR) is 73.3 cm³/mol. The van der Waals surface area contributed by atoms with Gasteiger partial charge in [0, 0.05) is 39.1 Å². The van der Waals surface area contributed by atoms with E-state index in [1.165, 1.54) is 12.8 Å². The van der Waals surface area contributed by atoms with E-state index in [4.69, 9.17) is 4.74 Å². The number of hydrogen-bond donors (Lipinski definition) is 0. The highest BCUT2D eigenvalue weighted by molar-refractivity contribution is 5.84. The van der Waals surface area contributed by atoms with Crippen molar-refractivity contribution < 1.29 is 9.53 Å². The number of amides is 1. The van der Waals surface area contributed by atoms with Crippen LogP contribution in [0.4, 0.5) is 0 Å². The minimum atomic E-state index is -0.639. The Kier molecular flexibility index (Phi) is 3.17. The van der Waals surface area contributed by atoms with E-state index in [9.17, 15) is 4.79 Å². The van der Waals surface area contributed by atoms with Crippen molar-refractivity contribution in [1.29, 1.82) is 0 Å². The molecule has 21 heavy (non-hydrogen) atoms. The molecule has 7 nitrogen and oxygen atoms in total. The molecule has 1 atom stereocenters. The van der Waals surface area contributed by atoms with E-state index in [0.29, 0.717) is 32.0 Å². The van der Waals surface area contributed by atoms with Gasteiger partial charge in [0.05, 0.1) is 0 Å². The Bertz CT molecular complexity index is 507. The molecule has 0 N–H and O–H groups in total. The van der Waals surface area contributed by atoms with Crippen LogP contribution in [0.15, 0.2) is 6.33 Å². The Morgan fingerprint density at radius 1 is 1.19 bits per heavy atom. The summed E-state index contributed by atoms with van der Waals surface area (Å²) in [5.74, 6) is 1.75. The van der Waals surface area contributed by atoms with Gasteiger partial charge >= 0.3 is 0 Å². The molecule has 1 aliphatic carbocycles. The maximum Gasteiger partial charge on any atom is 0.250 e. The third-order valence-electron chi connectivity index (χ3n) is 5.31. The standard InChI is InChI=1S/C14H21N5O2/c20-13(18-6-3-12(9-18)11-1-2-11)14(4-7-21-8-5-14)19-10-15-16-17-19/h10-12H,1-9H2. The fourth-order valence-electron chi connectivity index (χ4n) is 3.83. The van der Waals surface area contributed by atoms with Crippen molar-refractivity contribution in [3.63, 3.8) is 0 Å². The second-order valence-corrected chi connectivity index (χ2v) is 6.54.